The van der Waals surface area contributed by atoms with Crippen molar-refractivity contribution in [2.24, 2.45) is 0 Å². The highest BCUT2D eigenvalue weighted by Gasteiger charge is 2.34. The lowest BCUT2D eigenvalue weighted by Gasteiger charge is -2.33. The number of ketones is 1. The van der Waals surface area contributed by atoms with Gasteiger partial charge in [-0.3, -0.25) is 9.59 Å². The predicted molar refractivity (Wildman–Crippen MR) is 125 cm³/mol. The molecular weight excluding hydrogens is 444 g/mol. The van der Waals surface area contributed by atoms with E-state index in [1.807, 2.05) is 0 Å². The third-order valence-corrected chi connectivity index (χ3v) is 7.69. The van der Waals surface area contributed by atoms with Gasteiger partial charge >= 0.3 is 0 Å². The third-order valence-electron chi connectivity index (χ3n) is 5.80. The number of nitrogens with one attached hydrogen (secondary N) is 1. The number of nitrogens with zero attached hydrogens (tertiary/aromatic N) is 1. The summed E-state index contributed by atoms with van der Waals surface area (Å²) >= 11 is 0. The molecule has 1 saturated carbocycles. The summed E-state index contributed by atoms with van der Waals surface area (Å²) in [5, 5.41) is 2.73. The van der Waals surface area contributed by atoms with Crippen molar-refractivity contribution < 1.29 is 27.5 Å². The molecular formula is C24H30N2O6S. The van der Waals surface area contributed by atoms with Crippen molar-refractivity contribution in [3.05, 3.63) is 48.0 Å². The number of carbonyl (C=O) groups is 2. The number of Topliss-reactive ketones (excluding diaryl/α,β-unsaturated/α-hetero) is 1. The molecule has 9 heteroatoms. The maximum Gasteiger partial charge on any atom is 0.243 e. The van der Waals surface area contributed by atoms with Gasteiger partial charge in [-0.1, -0.05) is 31.4 Å². The largest absolute Gasteiger partial charge is 0.493 e. The van der Waals surface area contributed by atoms with Gasteiger partial charge in [-0.05, 0) is 44.0 Å². The van der Waals surface area contributed by atoms with Crippen LogP contribution in [0.25, 0.3) is 0 Å². The fraction of sp³-hybridized carbons (Fsp3) is 0.417. The summed E-state index contributed by atoms with van der Waals surface area (Å²) in [4.78, 5) is 24.6. The number of amides is 1. The topological polar surface area (TPSA) is 102 Å². The van der Waals surface area contributed by atoms with Gasteiger partial charge in [-0.25, -0.2) is 8.42 Å². The summed E-state index contributed by atoms with van der Waals surface area (Å²) in [6, 6.07) is 10.7. The van der Waals surface area contributed by atoms with Crippen molar-refractivity contribution in [1.29, 1.82) is 0 Å². The predicted octanol–water partition coefficient (Wildman–Crippen LogP) is 3.87. The maximum atomic E-state index is 13.6. The number of anilines is 1. The zero-order valence-corrected chi connectivity index (χ0v) is 20.0. The van der Waals surface area contributed by atoms with Crippen LogP contribution in [0.2, 0.25) is 0 Å². The Balaban J connectivity index is 1.89. The van der Waals surface area contributed by atoms with Gasteiger partial charge in [0.25, 0.3) is 0 Å². The molecule has 1 aliphatic rings. The van der Waals surface area contributed by atoms with E-state index in [1.54, 1.807) is 24.3 Å². The summed E-state index contributed by atoms with van der Waals surface area (Å²) in [6.07, 6.45) is 4.25. The second-order valence-electron chi connectivity index (χ2n) is 8.04. The van der Waals surface area contributed by atoms with E-state index in [-0.39, 0.29) is 23.3 Å². The number of ether oxygens (including phenoxy) is 2. The molecule has 1 aliphatic carbocycles. The number of rotatable bonds is 9. The number of hydrogen-bond acceptors (Lipinski definition) is 6. The molecule has 178 valence electrons. The van der Waals surface area contributed by atoms with Gasteiger partial charge in [0.2, 0.25) is 15.9 Å². The summed E-state index contributed by atoms with van der Waals surface area (Å²) in [7, 11) is -1.07. The van der Waals surface area contributed by atoms with Crippen LogP contribution < -0.4 is 14.8 Å². The first kappa shape index (κ1) is 24.7. The Kier molecular flexibility index (Phi) is 8.10. The smallest absolute Gasteiger partial charge is 0.243 e. The molecule has 0 aliphatic heterocycles. The number of benzene rings is 2. The summed E-state index contributed by atoms with van der Waals surface area (Å²) < 4.78 is 39.1. The Labute approximate surface area is 194 Å². The van der Waals surface area contributed by atoms with Gasteiger partial charge in [0.1, 0.15) is 0 Å². The summed E-state index contributed by atoms with van der Waals surface area (Å²) in [5.74, 6) is 0.132. The van der Waals surface area contributed by atoms with Gasteiger partial charge in [-0.15, -0.1) is 0 Å². The van der Waals surface area contributed by atoms with E-state index in [0.29, 0.717) is 35.6 Å². The Hall–Kier alpha value is -2.91. The molecule has 0 atom stereocenters. The standard InChI is InChI=1S/C24H30N2O6S/c1-17(27)18-8-7-9-19(14-18)25-24(28)16-26(20-10-5-4-6-11-20)33(29,30)21-12-13-22(31-2)23(15-21)32-3/h7-9,12-15,20H,4-6,10-11,16H2,1-3H3,(H,25,28). The quantitative estimate of drug-likeness (QED) is 0.554. The molecule has 0 unspecified atom stereocenters. The van der Waals surface area contributed by atoms with Crippen LogP contribution in [0, 0.1) is 0 Å². The van der Waals surface area contributed by atoms with Gasteiger partial charge in [0.05, 0.1) is 25.7 Å². The van der Waals surface area contributed by atoms with E-state index in [1.165, 1.54) is 43.6 Å². The van der Waals surface area contributed by atoms with Crippen LogP contribution in [0.4, 0.5) is 5.69 Å². The Morgan fingerprint density at radius 3 is 2.33 bits per heavy atom. The molecule has 2 aromatic carbocycles. The molecule has 0 heterocycles. The van der Waals surface area contributed by atoms with E-state index in [9.17, 15) is 18.0 Å². The van der Waals surface area contributed by atoms with Gasteiger partial charge < -0.3 is 14.8 Å². The van der Waals surface area contributed by atoms with Crippen LogP contribution in [0.1, 0.15) is 49.4 Å². The van der Waals surface area contributed by atoms with Crippen LogP contribution >= 0.6 is 0 Å². The maximum absolute atomic E-state index is 13.6. The molecule has 0 aromatic heterocycles. The molecule has 1 fully saturated rings. The number of methoxy groups -OCH3 is 2. The van der Waals surface area contributed by atoms with Crippen LogP contribution in [-0.4, -0.2) is 51.2 Å². The van der Waals surface area contributed by atoms with E-state index in [2.05, 4.69) is 5.32 Å². The van der Waals surface area contributed by atoms with Crippen molar-refractivity contribution >= 4 is 27.4 Å². The van der Waals surface area contributed by atoms with E-state index < -0.39 is 15.9 Å². The van der Waals surface area contributed by atoms with Crippen molar-refractivity contribution in [2.75, 3.05) is 26.1 Å². The zero-order chi connectivity index (χ0) is 24.0. The monoisotopic (exact) mass is 474 g/mol. The van der Waals surface area contributed by atoms with E-state index in [4.69, 9.17) is 9.47 Å². The fourth-order valence-electron chi connectivity index (χ4n) is 4.05. The number of hydrogen-bond donors (Lipinski definition) is 1. The average molecular weight is 475 g/mol. The minimum atomic E-state index is -3.98. The van der Waals surface area contributed by atoms with Crippen LogP contribution in [0.3, 0.4) is 0 Å². The minimum absolute atomic E-state index is 0.0390. The highest BCUT2D eigenvalue weighted by atomic mass is 32.2. The Morgan fingerprint density at radius 2 is 1.70 bits per heavy atom. The summed E-state index contributed by atoms with van der Waals surface area (Å²) in [6.45, 7) is 1.12. The second-order valence-corrected chi connectivity index (χ2v) is 9.93. The molecule has 8 nitrogen and oxygen atoms in total. The van der Waals surface area contributed by atoms with Crippen molar-refractivity contribution in [3.63, 3.8) is 0 Å². The first-order chi connectivity index (χ1) is 15.8. The van der Waals surface area contributed by atoms with Crippen molar-refractivity contribution in [2.45, 2.75) is 50.0 Å². The molecule has 1 amide bonds. The molecule has 2 aromatic rings. The second kappa shape index (κ2) is 10.8. The van der Waals surface area contributed by atoms with Crippen molar-refractivity contribution in [3.8, 4) is 11.5 Å². The average Bonchev–Trinajstić information content (AvgIpc) is 2.82. The van der Waals surface area contributed by atoms with Crippen LogP contribution in [0.15, 0.2) is 47.4 Å². The third kappa shape index (κ3) is 5.91. The number of sulfonamides is 1. The van der Waals surface area contributed by atoms with Gasteiger partial charge in [-0.2, -0.15) is 4.31 Å². The molecule has 0 radical (unpaired) electrons. The zero-order valence-electron chi connectivity index (χ0n) is 19.2. The van der Waals surface area contributed by atoms with E-state index in [0.717, 1.165) is 19.3 Å². The first-order valence-corrected chi connectivity index (χ1v) is 12.3. The fourth-order valence-corrected chi connectivity index (χ4v) is 5.71. The first-order valence-electron chi connectivity index (χ1n) is 10.9. The van der Waals surface area contributed by atoms with E-state index >= 15 is 0 Å². The SMILES string of the molecule is COc1ccc(S(=O)(=O)N(CC(=O)Nc2cccc(C(C)=O)c2)C2CCCCC2)cc1OC. The molecule has 1 N–H and O–H groups in total. The Bertz CT molecular complexity index is 1110. The van der Waals surface area contributed by atoms with Gasteiger partial charge in [0, 0.05) is 23.4 Å². The normalized spacial score (nSPS) is 14.7. The van der Waals surface area contributed by atoms with Gasteiger partial charge in [0.15, 0.2) is 17.3 Å². The molecule has 3 rings (SSSR count). The van der Waals surface area contributed by atoms with Crippen molar-refractivity contribution in [1.82, 2.24) is 4.31 Å². The highest BCUT2D eigenvalue weighted by molar-refractivity contribution is 7.89. The molecule has 0 spiro atoms. The lowest BCUT2D eigenvalue weighted by molar-refractivity contribution is -0.116. The number of carbonyl (C=O) groups excluding carboxylic acids is 2. The van der Waals surface area contributed by atoms with Crippen LogP contribution in [0.5, 0.6) is 11.5 Å². The molecule has 0 bridgehead atoms. The molecule has 0 saturated heterocycles. The lowest BCUT2D eigenvalue weighted by Crippen LogP contribution is -2.45. The Morgan fingerprint density at radius 1 is 1.00 bits per heavy atom. The van der Waals surface area contributed by atoms with Crippen LogP contribution in [-0.2, 0) is 14.8 Å². The lowest BCUT2D eigenvalue weighted by atomic mass is 9.95. The molecule has 33 heavy (non-hydrogen) atoms. The minimum Gasteiger partial charge on any atom is -0.493 e. The summed E-state index contributed by atoms with van der Waals surface area (Å²) in [5.41, 5.74) is 0.912. The highest BCUT2D eigenvalue weighted by Crippen LogP contribution is 2.33.